The van der Waals surface area contributed by atoms with E-state index >= 15 is 0 Å². The number of hydrogen-bond donors (Lipinski definition) is 1. The standard InChI is InChI=1S/C16H24BrNO3S/c1-8(2)12(19)11(17)13(20)18-14(22)21-10-7-9-5-6-16(10,18)15(9,3)4/h8-12,19H,5-7H2,1-4H3/t9-,10-,11-,12+,16+/m1/s1. The fourth-order valence-corrected chi connectivity index (χ4v) is 5.98. The van der Waals surface area contributed by atoms with Gasteiger partial charge in [-0.05, 0) is 48.7 Å². The van der Waals surface area contributed by atoms with Crippen LogP contribution in [-0.2, 0) is 9.53 Å². The van der Waals surface area contributed by atoms with Crippen molar-refractivity contribution in [3.05, 3.63) is 0 Å². The fourth-order valence-electron chi connectivity index (χ4n) is 4.79. The Bertz CT molecular complexity index is 524. The number of amides is 1. The van der Waals surface area contributed by atoms with Crippen LogP contribution in [0.2, 0.25) is 0 Å². The highest BCUT2D eigenvalue weighted by molar-refractivity contribution is 9.10. The first-order chi connectivity index (χ1) is 10.1. The second kappa shape index (κ2) is 5.15. The first-order valence-electron chi connectivity index (χ1n) is 8.01. The lowest BCUT2D eigenvalue weighted by Gasteiger charge is -2.43. The quantitative estimate of drug-likeness (QED) is 0.595. The summed E-state index contributed by atoms with van der Waals surface area (Å²) in [5.41, 5.74) is -0.349. The summed E-state index contributed by atoms with van der Waals surface area (Å²) in [5.74, 6) is 0.399. The maximum Gasteiger partial charge on any atom is 0.267 e. The van der Waals surface area contributed by atoms with Gasteiger partial charge in [0.15, 0.2) is 0 Å². The van der Waals surface area contributed by atoms with E-state index in [0.717, 1.165) is 19.3 Å². The number of aliphatic hydroxyl groups is 1. The van der Waals surface area contributed by atoms with Crippen molar-refractivity contribution in [1.82, 2.24) is 4.90 Å². The van der Waals surface area contributed by atoms with Gasteiger partial charge in [0.1, 0.15) is 10.9 Å². The summed E-state index contributed by atoms with van der Waals surface area (Å²) in [4.78, 5) is 14.1. The Hall–Kier alpha value is -0.200. The highest BCUT2D eigenvalue weighted by Crippen LogP contribution is 2.66. The Morgan fingerprint density at radius 1 is 1.50 bits per heavy atom. The normalized spacial score (nSPS) is 38.1. The van der Waals surface area contributed by atoms with Crippen LogP contribution in [0.3, 0.4) is 0 Å². The molecule has 1 spiro atoms. The molecule has 2 saturated carbocycles. The molecule has 4 nitrogen and oxygen atoms in total. The van der Waals surface area contributed by atoms with E-state index in [9.17, 15) is 9.90 Å². The van der Waals surface area contributed by atoms with Crippen LogP contribution < -0.4 is 0 Å². The minimum absolute atomic E-state index is 0.00775. The molecule has 3 aliphatic rings. The molecular weight excluding hydrogens is 366 g/mol. The van der Waals surface area contributed by atoms with Gasteiger partial charge in [-0.15, -0.1) is 0 Å². The van der Waals surface area contributed by atoms with Crippen molar-refractivity contribution in [3.8, 4) is 0 Å². The summed E-state index contributed by atoms with van der Waals surface area (Å²) in [7, 11) is 0. The molecule has 124 valence electrons. The number of hydrogen-bond acceptors (Lipinski definition) is 4. The molecule has 1 amide bonds. The van der Waals surface area contributed by atoms with E-state index < -0.39 is 10.9 Å². The highest BCUT2D eigenvalue weighted by atomic mass is 79.9. The van der Waals surface area contributed by atoms with Gasteiger partial charge in [-0.2, -0.15) is 0 Å². The zero-order valence-corrected chi connectivity index (χ0v) is 15.9. The van der Waals surface area contributed by atoms with E-state index in [1.54, 1.807) is 4.90 Å². The number of halogens is 1. The third-order valence-corrected chi connectivity index (χ3v) is 7.52. The predicted molar refractivity (Wildman–Crippen MR) is 91.7 cm³/mol. The van der Waals surface area contributed by atoms with E-state index in [1.165, 1.54) is 0 Å². The van der Waals surface area contributed by atoms with Gasteiger partial charge in [0.2, 0.25) is 5.91 Å². The molecule has 5 atom stereocenters. The molecular formula is C16H24BrNO3S. The van der Waals surface area contributed by atoms with Gasteiger partial charge in [-0.25, -0.2) is 0 Å². The summed E-state index contributed by atoms with van der Waals surface area (Å²) < 4.78 is 5.90. The lowest BCUT2D eigenvalue weighted by Crippen LogP contribution is -2.60. The second-order valence-corrected chi connectivity index (χ2v) is 9.14. The van der Waals surface area contributed by atoms with Crippen molar-refractivity contribution >= 4 is 39.2 Å². The monoisotopic (exact) mass is 389 g/mol. The molecule has 1 heterocycles. The number of ether oxygens (including phenoxy) is 1. The second-order valence-electron chi connectivity index (χ2n) is 7.80. The summed E-state index contributed by atoms with van der Waals surface area (Å²) >= 11 is 8.77. The van der Waals surface area contributed by atoms with E-state index in [0.29, 0.717) is 5.92 Å². The van der Waals surface area contributed by atoms with Crippen LogP contribution in [-0.4, -0.2) is 43.7 Å². The Balaban J connectivity index is 1.96. The zero-order chi connectivity index (χ0) is 16.4. The van der Waals surface area contributed by atoms with Gasteiger partial charge in [0.05, 0.1) is 11.6 Å². The SMILES string of the molecule is CC(C)[C@H](O)[C@@H](Br)C(=O)N1C(=S)O[C@@H]2C[C@H]3CC[C@@]21C3(C)C. The number of carbonyl (C=O) groups is 1. The molecule has 3 rings (SSSR count). The van der Waals surface area contributed by atoms with Gasteiger partial charge < -0.3 is 9.84 Å². The number of carbonyl (C=O) groups excluding carboxylic acids is 1. The van der Waals surface area contributed by atoms with Crippen molar-refractivity contribution in [3.63, 3.8) is 0 Å². The molecule has 1 N–H and O–H groups in total. The number of alkyl halides is 1. The first kappa shape index (κ1) is 16.7. The molecule has 1 saturated heterocycles. The van der Waals surface area contributed by atoms with Crippen LogP contribution in [0.5, 0.6) is 0 Å². The lowest BCUT2D eigenvalue weighted by molar-refractivity contribution is -0.135. The van der Waals surface area contributed by atoms with Crippen molar-refractivity contribution in [1.29, 1.82) is 0 Å². The Morgan fingerprint density at radius 2 is 2.14 bits per heavy atom. The molecule has 2 aliphatic carbocycles. The zero-order valence-electron chi connectivity index (χ0n) is 13.5. The average molecular weight is 390 g/mol. The van der Waals surface area contributed by atoms with E-state index in [2.05, 4.69) is 29.8 Å². The van der Waals surface area contributed by atoms with Gasteiger partial charge >= 0.3 is 0 Å². The van der Waals surface area contributed by atoms with E-state index in [4.69, 9.17) is 17.0 Å². The third kappa shape index (κ3) is 1.89. The summed E-state index contributed by atoms with van der Waals surface area (Å²) in [5, 5.41) is 10.6. The maximum absolute atomic E-state index is 13.1. The molecule has 0 aromatic carbocycles. The first-order valence-corrected chi connectivity index (χ1v) is 9.33. The third-order valence-electron chi connectivity index (χ3n) is 6.31. The van der Waals surface area contributed by atoms with Crippen molar-refractivity contribution in [2.75, 3.05) is 0 Å². The van der Waals surface area contributed by atoms with Crippen molar-refractivity contribution < 1.29 is 14.6 Å². The van der Waals surface area contributed by atoms with Gasteiger partial charge in [0, 0.05) is 0 Å². The Morgan fingerprint density at radius 3 is 2.68 bits per heavy atom. The Kier molecular flexibility index (Phi) is 3.90. The molecule has 1 aliphatic heterocycles. The largest absolute Gasteiger partial charge is 0.465 e. The number of thiocarbonyl (C=S) groups is 1. The van der Waals surface area contributed by atoms with Crippen LogP contribution in [0.4, 0.5) is 0 Å². The molecule has 0 aromatic rings. The maximum atomic E-state index is 13.1. The molecule has 0 unspecified atom stereocenters. The molecule has 3 fully saturated rings. The topological polar surface area (TPSA) is 49.8 Å². The fraction of sp³-hybridized carbons (Fsp3) is 0.875. The van der Waals surface area contributed by atoms with Crippen LogP contribution in [0, 0.1) is 17.3 Å². The number of rotatable bonds is 3. The molecule has 2 bridgehead atoms. The number of fused-ring (bicyclic) bond motifs is 1. The summed E-state index contributed by atoms with van der Waals surface area (Å²) in [6, 6.07) is 0. The van der Waals surface area contributed by atoms with Crippen molar-refractivity contribution in [2.24, 2.45) is 17.3 Å². The minimum atomic E-state index is -0.743. The van der Waals surface area contributed by atoms with Crippen LogP contribution in [0.15, 0.2) is 0 Å². The van der Waals surface area contributed by atoms with E-state index in [1.807, 2.05) is 13.8 Å². The van der Waals surface area contributed by atoms with Gasteiger partial charge in [-0.3, -0.25) is 9.69 Å². The predicted octanol–water partition coefficient (Wildman–Crippen LogP) is 2.86. The average Bonchev–Trinajstić information content (AvgIpc) is 2.96. The Labute approximate surface area is 145 Å². The summed E-state index contributed by atoms with van der Waals surface area (Å²) in [6.07, 6.45) is 2.27. The molecule has 6 heteroatoms. The van der Waals surface area contributed by atoms with Crippen LogP contribution >= 0.6 is 28.1 Å². The van der Waals surface area contributed by atoms with Gasteiger partial charge in [-0.1, -0.05) is 43.6 Å². The van der Waals surface area contributed by atoms with Crippen molar-refractivity contribution in [2.45, 2.75) is 69.5 Å². The van der Waals surface area contributed by atoms with E-state index in [-0.39, 0.29) is 34.1 Å². The number of nitrogens with zero attached hydrogens (tertiary/aromatic N) is 1. The minimum Gasteiger partial charge on any atom is -0.465 e. The highest BCUT2D eigenvalue weighted by Gasteiger charge is 2.73. The van der Waals surface area contributed by atoms with Crippen LogP contribution in [0.1, 0.15) is 47.0 Å². The molecule has 0 aromatic heterocycles. The molecule has 0 radical (unpaired) electrons. The smallest absolute Gasteiger partial charge is 0.267 e. The van der Waals surface area contributed by atoms with Crippen LogP contribution in [0.25, 0.3) is 0 Å². The summed E-state index contributed by atoms with van der Waals surface area (Å²) in [6.45, 7) is 8.25. The van der Waals surface area contributed by atoms with Gasteiger partial charge in [0.25, 0.3) is 5.17 Å². The molecule has 22 heavy (non-hydrogen) atoms. The number of aliphatic hydroxyl groups excluding tert-OH is 1. The lowest BCUT2D eigenvalue weighted by atomic mass is 9.74.